The molecule has 0 saturated carbocycles. The van der Waals surface area contributed by atoms with Crippen LogP contribution in [0.2, 0.25) is 0 Å². The lowest BCUT2D eigenvalue weighted by Gasteiger charge is -2.07. The zero-order valence-electron chi connectivity index (χ0n) is 10.6. The molecule has 1 rings (SSSR count). The van der Waals surface area contributed by atoms with E-state index >= 15 is 0 Å². The summed E-state index contributed by atoms with van der Waals surface area (Å²) >= 11 is 0. The second-order valence-electron chi connectivity index (χ2n) is 3.82. The van der Waals surface area contributed by atoms with E-state index < -0.39 is 5.09 Å². The number of unbranched alkanes of at least 4 members (excludes halogenated alkanes) is 1. The van der Waals surface area contributed by atoms with Crippen LogP contribution in [0.15, 0.2) is 24.3 Å². The standard InChI is InChI=1S/C12H16N2O5/c1-10(15)13-11-4-6-12(7-5-11)18-8-2-3-9-19-14(16)17/h4-7H,2-3,8-9H2,1H3,(H,13,15). The minimum Gasteiger partial charge on any atom is -0.494 e. The maximum Gasteiger partial charge on any atom is 0.294 e. The molecule has 0 unspecified atom stereocenters. The molecule has 0 fully saturated rings. The molecule has 1 aromatic carbocycles. The van der Waals surface area contributed by atoms with Crippen LogP contribution < -0.4 is 10.1 Å². The van der Waals surface area contributed by atoms with E-state index in [0.29, 0.717) is 30.9 Å². The molecule has 0 aliphatic carbocycles. The van der Waals surface area contributed by atoms with Crippen LogP contribution in [0.3, 0.4) is 0 Å². The van der Waals surface area contributed by atoms with E-state index in [9.17, 15) is 14.9 Å². The van der Waals surface area contributed by atoms with Gasteiger partial charge >= 0.3 is 0 Å². The lowest BCUT2D eigenvalue weighted by Crippen LogP contribution is -2.06. The van der Waals surface area contributed by atoms with Crippen molar-refractivity contribution in [3.63, 3.8) is 0 Å². The van der Waals surface area contributed by atoms with Gasteiger partial charge in [-0.25, -0.2) is 0 Å². The molecule has 0 bridgehead atoms. The number of rotatable bonds is 8. The van der Waals surface area contributed by atoms with Gasteiger partial charge in [-0.1, -0.05) is 0 Å². The van der Waals surface area contributed by atoms with Crippen molar-refractivity contribution in [3.05, 3.63) is 34.4 Å². The number of carbonyl (C=O) groups excluding carboxylic acids is 1. The Morgan fingerprint density at radius 2 is 1.89 bits per heavy atom. The molecule has 7 nitrogen and oxygen atoms in total. The fraction of sp³-hybridized carbons (Fsp3) is 0.417. The van der Waals surface area contributed by atoms with Gasteiger partial charge in [0.15, 0.2) is 0 Å². The van der Waals surface area contributed by atoms with Crippen molar-refractivity contribution in [1.82, 2.24) is 0 Å². The van der Waals surface area contributed by atoms with Crippen molar-refractivity contribution in [2.75, 3.05) is 18.5 Å². The van der Waals surface area contributed by atoms with Gasteiger partial charge in [-0.2, -0.15) is 0 Å². The fourth-order valence-corrected chi connectivity index (χ4v) is 1.37. The zero-order valence-corrected chi connectivity index (χ0v) is 10.6. The highest BCUT2D eigenvalue weighted by Gasteiger charge is 1.98. The molecule has 7 heteroatoms. The number of nitrogens with zero attached hydrogens (tertiary/aromatic N) is 1. The van der Waals surface area contributed by atoms with Crippen LogP contribution in [0.25, 0.3) is 0 Å². The smallest absolute Gasteiger partial charge is 0.294 e. The molecule has 0 aliphatic heterocycles. The maximum atomic E-state index is 10.8. The summed E-state index contributed by atoms with van der Waals surface area (Å²) in [5, 5.41) is 11.7. The van der Waals surface area contributed by atoms with Crippen molar-refractivity contribution in [1.29, 1.82) is 0 Å². The summed E-state index contributed by atoms with van der Waals surface area (Å²) in [6.45, 7) is 1.98. The van der Waals surface area contributed by atoms with E-state index in [0.717, 1.165) is 0 Å². The van der Waals surface area contributed by atoms with E-state index in [1.54, 1.807) is 24.3 Å². The van der Waals surface area contributed by atoms with Crippen molar-refractivity contribution in [3.8, 4) is 5.75 Å². The Bertz CT molecular complexity index is 419. The van der Waals surface area contributed by atoms with E-state index in [2.05, 4.69) is 10.2 Å². The van der Waals surface area contributed by atoms with Gasteiger partial charge in [0, 0.05) is 12.6 Å². The third-order valence-corrected chi connectivity index (χ3v) is 2.18. The molecule has 0 aliphatic rings. The minimum absolute atomic E-state index is 0.0812. The molecule has 1 aromatic rings. The number of ether oxygens (including phenoxy) is 1. The number of amides is 1. The van der Waals surface area contributed by atoms with E-state index in [4.69, 9.17) is 4.74 Å². The molecular weight excluding hydrogens is 252 g/mol. The molecule has 1 amide bonds. The van der Waals surface area contributed by atoms with Crippen LogP contribution in [0.5, 0.6) is 5.75 Å². The Morgan fingerprint density at radius 1 is 1.26 bits per heavy atom. The SMILES string of the molecule is CC(=O)Nc1ccc(OCCCCO[N+](=O)[O-])cc1. The average molecular weight is 268 g/mol. The van der Waals surface area contributed by atoms with Gasteiger partial charge < -0.3 is 14.9 Å². The molecule has 0 spiro atoms. The van der Waals surface area contributed by atoms with Crippen LogP contribution in [0, 0.1) is 10.1 Å². The first-order valence-corrected chi connectivity index (χ1v) is 5.85. The molecule has 19 heavy (non-hydrogen) atoms. The van der Waals surface area contributed by atoms with Crippen LogP contribution >= 0.6 is 0 Å². The molecule has 0 saturated heterocycles. The van der Waals surface area contributed by atoms with Gasteiger partial charge in [-0.3, -0.25) is 4.79 Å². The molecule has 104 valence electrons. The molecule has 0 radical (unpaired) electrons. The summed E-state index contributed by atoms with van der Waals surface area (Å²) in [6, 6.07) is 6.98. The van der Waals surface area contributed by atoms with Gasteiger partial charge in [-0.05, 0) is 37.1 Å². The Balaban J connectivity index is 2.19. The molecule has 1 N–H and O–H groups in total. The van der Waals surface area contributed by atoms with Crippen LogP contribution in [0.4, 0.5) is 5.69 Å². The largest absolute Gasteiger partial charge is 0.494 e. The highest BCUT2D eigenvalue weighted by molar-refractivity contribution is 5.88. The third kappa shape index (κ3) is 6.87. The van der Waals surface area contributed by atoms with Gasteiger partial charge in [0.25, 0.3) is 5.09 Å². The molecule has 0 aromatic heterocycles. The third-order valence-electron chi connectivity index (χ3n) is 2.18. The normalized spacial score (nSPS) is 9.74. The quantitative estimate of drug-likeness (QED) is 0.442. The molecule has 0 atom stereocenters. The number of benzene rings is 1. The fourth-order valence-electron chi connectivity index (χ4n) is 1.37. The van der Waals surface area contributed by atoms with E-state index in [1.165, 1.54) is 6.92 Å². The highest BCUT2D eigenvalue weighted by Crippen LogP contribution is 2.15. The van der Waals surface area contributed by atoms with E-state index in [1.807, 2.05) is 0 Å². The van der Waals surface area contributed by atoms with Crippen molar-refractivity contribution < 1.29 is 19.5 Å². The second kappa shape index (κ2) is 7.91. The average Bonchev–Trinajstić information content (AvgIpc) is 2.34. The molecule has 0 heterocycles. The summed E-state index contributed by atoms with van der Waals surface area (Å²) in [4.78, 5) is 24.9. The first kappa shape index (κ1) is 14.7. The predicted molar refractivity (Wildman–Crippen MR) is 68.4 cm³/mol. The van der Waals surface area contributed by atoms with Gasteiger partial charge in [0.1, 0.15) is 5.75 Å². The summed E-state index contributed by atoms with van der Waals surface area (Å²) < 4.78 is 5.43. The summed E-state index contributed by atoms with van der Waals surface area (Å²) in [5.41, 5.74) is 0.708. The van der Waals surface area contributed by atoms with Gasteiger partial charge in [0.2, 0.25) is 5.91 Å². The Kier molecular flexibility index (Phi) is 6.14. The number of anilines is 1. The molecular formula is C12H16N2O5. The number of hydrogen-bond acceptors (Lipinski definition) is 5. The predicted octanol–water partition coefficient (Wildman–Crippen LogP) is 2.01. The Morgan fingerprint density at radius 3 is 2.47 bits per heavy atom. The summed E-state index contributed by atoms with van der Waals surface area (Å²) in [7, 11) is 0. The second-order valence-corrected chi connectivity index (χ2v) is 3.82. The first-order valence-electron chi connectivity index (χ1n) is 5.85. The lowest BCUT2D eigenvalue weighted by atomic mass is 10.3. The van der Waals surface area contributed by atoms with E-state index in [-0.39, 0.29) is 12.5 Å². The summed E-state index contributed by atoms with van der Waals surface area (Å²) in [5.74, 6) is 0.559. The maximum absolute atomic E-state index is 10.8. The van der Waals surface area contributed by atoms with Crippen LogP contribution in [-0.2, 0) is 9.63 Å². The van der Waals surface area contributed by atoms with Gasteiger partial charge in [-0.15, -0.1) is 10.1 Å². The lowest BCUT2D eigenvalue weighted by molar-refractivity contribution is -0.757. The summed E-state index contributed by atoms with van der Waals surface area (Å²) in [6.07, 6.45) is 1.23. The number of carbonyl (C=O) groups is 1. The van der Waals surface area contributed by atoms with Gasteiger partial charge in [0.05, 0.1) is 13.2 Å². The highest BCUT2D eigenvalue weighted by atomic mass is 16.9. The van der Waals surface area contributed by atoms with Crippen LogP contribution in [-0.4, -0.2) is 24.2 Å². The van der Waals surface area contributed by atoms with Crippen molar-refractivity contribution in [2.45, 2.75) is 19.8 Å². The minimum atomic E-state index is -0.804. The number of nitrogens with one attached hydrogen (secondary N) is 1. The first-order chi connectivity index (χ1) is 9.08. The van der Waals surface area contributed by atoms with Crippen molar-refractivity contribution >= 4 is 11.6 Å². The number of hydrogen-bond donors (Lipinski definition) is 1. The monoisotopic (exact) mass is 268 g/mol. The Hall–Kier alpha value is -2.31. The zero-order chi connectivity index (χ0) is 14.1. The topological polar surface area (TPSA) is 90.7 Å². The van der Waals surface area contributed by atoms with Crippen LogP contribution in [0.1, 0.15) is 19.8 Å². The van der Waals surface area contributed by atoms with Crippen molar-refractivity contribution in [2.24, 2.45) is 0 Å². The Labute approximate surface area is 110 Å².